The SMILES string of the molecule is Cc1cc(C(F)(F)F)n(-c2nc(C(=O)N3CCN4C(=O)c5cccnc5CC34c3ccc(Cl)cc3)cs2)n1. The highest BCUT2D eigenvalue weighted by atomic mass is 35.5. The highest BCUT2D eigenvalue weighted by molar-refractivity contribution is 7.12. The molecule has 1 aromatic carbocycles. The minimum atomic E-state index is -4.64. The van der Waals surface area contributed by atoms with Crippen molar-refractivity contribution in [2.24, 2.45) is 0 Å². The second kappa shape index (κ2) is 8.63. The Morgan fingerprint density at radius 3 is 2.66 bits per heavy atom. The molecule has 2 aliphatic rings. The van der Waals surface area contributed by atoms with Crippen molar-refractivity contribution in [1.82, 2.24) is 29.5 Å². The molecule has 194 valence electrons. The predicted octanol–water partition coefficient (Wildman–Crippen LogP) is 4.71. The van der Waals surface area contributed by atoms with Crippen LogP contribution in [0.2, 0.25) is 5.02 Å². The van der Waals surface area contributed by atoms with E-state index in [1.54, 1.807) is 52.4 Å². The topological polar surface area (TPSA) is 84.2 Å². The maximum atomic E-state index is 13.9. The first-order valence-corrected chi connectivity index (χ1v) is 12.8. The van der Waals surface area contributed by atoms with Gasteiger partial charge in [-0.3, -0.25) is 14.6 Å². The number of fused-ring (bicyclic) bond motifs is 2. The zero-order valence-electron chi connectivity index (χ0n) is 19.7. The van der Waals surface area contributed by atoms with Crippen molar-refractivity contribution in [2.75, 3.05) is 13.1 Å². The van der Waals surface area contributed by atoms with E-state index in [9.17, 15) is 22.8 Å². The fourth-order valence-corrected chi connectivity index (χ4v) is 6.06. The fraction of sp³-hybridized carbons (Fsp3) is 0.240. The Balaban J connectivity index is 1.44. The predicted molar refractivity (Wildman–Crippen MR) is 132 cm³/mol. The lowest BCUT2D eigenvalue weighted by Gasteiger charge is -2.46. The summed E-state index contributed by atoms with van der Waals surface area (Å²) in [5.41, 5.74) is -0.377. The molecule has 2 amide bonds. The van der Waals surface area contributed by atoms with Gasteiger partial charge in [0.2, 0.25) is 5.13 Å². The number of carbonyl (C=O) groups excluding carboxylic acids is 2. The summed E-state index contributed by atoms with van der Waals surface area (Å²) in [7, 11) is 0. The van der Waals surface area contributed by atoms with E-state index in [-0.39, 0.29) is 41.9 Å². The highest BCUT2D eigenvalue weighted by Gasteiger charge is 2.56. The third-order valence-corrected chi connectivity index (χ3v) is 7.85. The summed E-state index contributed by atoms with van der Waals surface area (Å²) < 4.78 is 41.4. The van der Waals surface area contributed by atoms with Gasteiger partial charge in [0.15, 0.2) is 5.69 Å². The average molecular weight is 559 g/mol. The number of rotatable bonds is 3. The monoisotopic (exact) mass is 558 g/mol. The molecule has 0 spiro atoms. The van der Waals surface area contributed by atoms with E-state index in [1.807, 2.05) is 0 Å². The molecule has 0 N–H and O–H groups in total. The molecule has 0 radical (unpaired) electrons. The number of aromatic nitrogens is 4. The van der Waals surface area contributed by atoms with Crippen LogP contribution in [0.15, 0.2) is 54.0 Å². The van der Waals surface area contributed by atoms with Crippen LogP contribution in [0, 0.1) is 6.92 Å². The fourth-order valence-electron chi connectivity index (χ4n) is 5.17. The van der Waals surface area contributed by atoms with Gasteiger partial charge in [-0.05, 0) is 42.8 Å². The van der Waals surface area contributed by atoms with Crippen LogP contribution in [0.1, 0.15) is 43.5 Å². The number of hydrogen-bond acceptors (Lipinski definition) is 6. The Morgan fingerprint density at radius 2 is 1.92 bits per heavy atom. The second-order valence-corrected chi connectivity index (χ2v) is 10.3. The van der Waals surface area contributed by atoms with Crippen LogP contribution >= 0.6 is 22.9 Å². The molecule has 2 aliphatic heterocycles. The molecule has 3 aromatic heterocycles. The molecule has 1 atom stereocenters. The van der Waals surface area contributed by atoms with Crippen molar-refractivity contribution in [3.63, 3.8) is 0 Å². The van der Waals surface area contributed by atoms with Gasteiger partial charge < -0.3 is 9.80 Å². The first-order chi connectivity index (χ1) is 18.1. The summed E-state index contributed by atoms with van der Waals surface area (Å²) in [4.78, 5) is 39.3. The van der Waals surface area contributed by atoms with Crippen LogP contribution in [-0.2, 0) is 18.3 Å². The van der Waals surface area contributed by atoms with E-state index in [0.29, 0.717) is 26.5 Å². The lowest BCUT2D eigenvalue weighted by atomic mass is 9.86. The first kappa shape index (κ1) is 24.6. The molecule has 4 aromatic rings. The number of alkyl halides is 3. The van der Waals surface area contributed by atoms with Crippen LogP contribution in [0.4, 0.5) is 13.2 Å². The largest absolute Gasteiger partial charge is 0.433 e. The van der Waals surface area contributed by atoms with Gasteiger partial charge in [-0.2, -0.15) is 18.3 Å². The minimum Gasteiger partial charge on any atom is -0.309 e. The van der Waals surface area contributed by atoms with E-state index < -0.39 is 23.4 Å². The summed E-state index contributed by atoms with van der Waals surface area (Å²) in [5, 5.41) is 5.75. The quantitative estimate of drug-likeness (QED) is 0.364. The van der Waals surface area contributed by atoms with Gasteiger partial charge >= 0.3 is 6.18 Å². The number of benzene rings is 1. The number of carbonyl (C=O) groups is 2. The third-order valence-electron chi connectivity index (χ3n) is 6.79. The molecule has 5 heterocycles. The summed E-state index contributed by atoms with van der Waals surface area (Å²) in [6, 6.07) is 11.2. The maximum absolute atomic E-state index is 13.9. The highest BCUT2D eigenvalue weighted by Crippen LogP contribution is 2.45. The smallest absolute Gasteiger partial charge is 0.309 e. The molecule has 0 aliphatic carbocycles. The molecule has 13 heteroatoms. The number of thiazole rings is 1. The Labute approximate surface area is 223 Å². The Hall–Kier alpha value is -3.77. The Kier molecular flexibility index (Phi) is 5.58. The number of aryl methyl sites for hydroxylation is 1. The molecule has 1 saturated heterocycles. The number of halogens is 4. The van der Waals surface area contributed by atoms with Crippen LogP contribution in [0.3, 0.4) is 0 Å². The first-order valence-electron chi connectivity index (χ1n) is 11.5. The summed E-state index contributed by atoms with van der Waals surface area (Å²) in [6.45, 7) is 1.91. The zero-order chi connectivity index (χ0) is 26.8. The van der Waals surface area contributed by atoms with Crippen molar-refractivity contribution in [3.05, 3.63) is 93.0 Å². The number of pyridine rings is 1. The number of nitrogens with zero attached hydrogens (tertiary/aromatic N) is 6. The van der Waals surface area contributed by atoms with Crippen molar-refractivity contribution >= 4 is 34.8 Å². The van der Waals surface area contributed by atoms with Crippen molar-refractivity contribution < 1.29 is 22.8 Å². The third kappa shape index (κ3) is 3.70. The van der Waals surface area contributed by atoms with E-state index in [1.165, 1.54) is 12.3 Å². The van der Waals surface area contributed by atoms with Crippen LogP contribution in [-0.4, -0.2) is 54.5 Å². The van der Waals surface area contributed by atoms with Crippen LogP contribution in [0.5, 0.6) is 0 Å². The van der Waals surface area contributed by atoms with Gasteiger partial charge in [0, 0.05) is 36.1 Å². The number of hydrogen-bond donors (Lipinski definition) is 0. The van der Waals surface area contributed by atoms with Gasteiger partial charge in [-0.1, -0.05) is 23.7 Å². The van der Waals surface area contributed by atoms with Gasteiger partial charge in [0.25, 0.3) is 11.8 Å². The maximum Gasteiger partial charge on any atom is 0.433 e. The molecular weight excluding hydrogens is 541 g/mol. The van der Waals surface area contributed by atoms with Gasteiger partial charge in [-0.15, -0.1) is 11.3 Å². The zero-order valence-corrected chi connectivity index (χ0v) is 21.3. The summed E-state index contributed by atoms with van der Waals surface area (Å²) >= 11 is 7.01. The molecule has 0 bridgehead atoms. The summed E-state index contributed by atoms with van der Waals surface area (Å²) in [6.07, 6.45) is -2.82. The van der Waals surface area contributed by atoms with Gasteiger partial charge in [0.1, 0.15) is 11.4 Å². The minimum absolute atomic E-state index is 0.0410. The second-order valence-electron chi connectivity index (χ2n) is 9.01. The standard InChI is InChI=1S/C25H18ClF3N6O2S/c1-14-11-20(25(27,28)29)35(32-14)23-31-19(13-38-23)22(37)34-10-9-33-21(36)17-3-2-8-30-18(17)12-24(33,34)15-4-6-16(26)7-5-15/h2-8,11,13H,9-10,12H2,1H3. The van der Waals surface area contributed by atoms with E-state index >= 15 is 0 Å². The van der Waals surface area contributed by atoms with E-state index in [0.717, 1.165) is 17.4 Å². The van der Waals surface area contributed by atoms with Crippen molar-refractivity contribution in [1.29, 1.82) is 0 Å². The average Bonchev–Trinajstić information content (AvgIpc) is 3.61. The molecule has 38 heavy (non-hydrogen) atoms. The lowest BCUT2D eigenvalue weighted by molar-refractivity contribution is -0.142. The summed E-state index contributed by atoms with van der Waals surface area (Å²) in [5.74, 6) is -0.778. The molecule has 8 nitrogen and oxygen atoms in total. The Morgan fingerprint density at radius 1 is 1.16 bits per heavy atom. The van der Waals surface area contributed by atoms with E-state index in [2.05, 4.69) is 15.1 Å². The van der Waals surface area contributed by atoms with E-state index in [4.69, 9.17) is 11.6 Å². The lowest BCUT2D eigenvalue weighted by Crippen LogP contribution is -2.58. The normalized spacial score (nSPS) is 19.0. The van der Waals surface area contributed by atoms with Crippen LogP contribution < -0.4 is 0 Å². The molecule has 1 unspecified atom stereocenters. The van der Waals surface area contributed by atoms with Gasteiger partial charge in [-0.25, -0.2) is 9.67 Å². The van der Waals surface area contributed by atoms with Crippen LogP contribution in [0.25, 0.3) is 5.13 Å². The molecule has 6 rings (SSSR count). The van der Waals surface area contributed by atoms with Crippen molar-refractivity contribution in [2.45, 2.75) is 25.2 Å². The molecular formula is C25H18ClF3N6O2S. The number of amides is 2. The van der Waals surface area contributed by atoms with Crippen molar-refractivity contribution in [3.8, 4) is 5.13 Å². The van der Waals surface area contributed by atoms with Gasteiger partial charge in [0.05, 0.1) is 17.0 Å². The molecule has 0 saturated carbocycles. The Bertz CT molecular complexity index is 1580. The molecule has 1 fully saturated rings.